The van der Waals surface area contributed by atoms with E-state index in [4.69, 9.17) is 5.26 Å². The van der Waals surface area contributed by atoms with Gasteiger partial charge in [0.15, 0.2) is 0 Å². The average molecular weight is 338 g/mol. The van der Waals surface area contributed by atoms with Crippen LogP contribution < -0.4 is 10.6 Å². The van der Waals surface area contributed by atoms with E-state index in [1.165, 1.54) is 0 Å². The van der Waals surface area contributed by atoms with Crippen molar-refractivity contribution in [1.29, 1.82) is 5.26 Å². The van der Waals surface area contributed by atoms with E-state index in [0.29, 0.717) is 0 Å². The van der Waals surface area contributed by atoms with E-state index in [9.17, 15) is 4.79 Å². The van der Waals surface area contributed by atoms with Crippen LogP contribution in [-0.2, 0) is 4.79 Å². The molecular formula is C15H20BrN3O. The number of rotatable bonds is 5. The van der Waals surface area contributed by atoms with Crippen molar-refractivity contribution in [3.8, 4) is 6.07 Å². The number of nitrogens with zero attached hydrogens (tertiary/aromatic N) is 1. The summed E-state index contributed by atoms with van der Waals surface area (Å²) in [6, 6.07) is 7.95. The number of benzene rings is 1. The summed E-state index contributed by atoms with van der Waals surface area (Å²) in [7, 11) is 0. The number of aryl methyl sites for hydroxylation is 1. The third kappa shape index (κ3) is 4.24. The maximum Gasteiger partial charge on any atom is 0.240 e. The van der Waals surface area contributed by atoms with Crippen molar-refractivity contribution < 1.29 is 4.79 Å². The maximum atomic E-state index is 11.9. The van der Waals surface area contributed by atoms with Crippen LogP contribution in [0.2, 0.25) is 0 Å². The Bertz CT molecular complexity index is 536. The van der Waals surface area contributed by atoms with Gasteiger partial charge in [-0.05, 0) is 43.5 Å². The Hall–Kier alpha value is -1.54. The molecule has 0 aliphatic heterocycles. The lowest BCUT2D eigenvalue weighted by Crippen LogP contribution is -2.50. The molecule has 1 rings (SSSR count). The summed E-state index contributed by atoms with van der Waals surface area (Å²) < 4.78 is 1.03. The highest BCUT2D eigenvalue weighted by atomic mass is 79.9. The number of nitriles is 1. The Kier molecular flexibility index (Phi) is 5.58. The van der Waals surface area contributed by atoms with Crippen LogP contribution in [-0.4, -0.2) is 18.0 Å². The van der Waals surface area contributed by atoms with E-state index < -0.39 is 5.54 Å². The van der Waals surface area contributed by atoms with Gasteiger partial charge in [-0.25, -0.2) is 0 Å². The van der Waals surface area contributed by atoms with Crippen LogP contribution in [0.4, 0.5) is 5.69 Å². The molecular weight excluding hydrogens is 318 g/mol. The van der Waals surface area contributed by atoms with E-state index >= 15 is 0 Å². The van der Waals surface area contributed by atoms with Crippen molar-refractivity contribution in [2.75, 3.05) is 11.9 Å². The van der Waals surface area contributed by atoms with E-state index in [1.807, 2.05) is 39.0 Å². The second-order valence-corrected chi connectivity index (χ2v) is 6.19. The third-order valence-corrected chi connectivity index (χ3v) is 4.29. The standard InChI is InChI=1S/C15H20BrN3O/c1-10(2)15(4,9-17)19-14(20)8-18-12-5-6-13(16)11(3)7-12/h5-7,10,18H,8H2,1-4H3,(H,19,20). The summed E-state index contributed by atoms with van der Waals surface area (Å²) in [4.78, 5) is 11.9. The number of anilines is 1. The second kappa shape index (κ2) is 6.76. The number of hydrogen-bond donors (Lipinski definition) is 2. The second-order valence-electron chi connectivity index (χ2n) is 5.33. The molecule has 0 bridgehead atoms. The number of amides is 1. The normalized spacial score (nSPS) is 13.4. The molecule has 2 N–H and O–H groups in total. The molecule has 1 unspecified atom stereocenters. The first-order chi connectivity index (χ1) is 9.28. The van der Waals surface area contributed by atoms with Crippen LogP contribution in [0.3, 0.4) is 0 Å². The van der Waals surface area contributed by atoms with Gasteiger partial charge in [-0.15, -0.1) is 0 Å². The van der Waals surface area contributed by atoms with Gasteiger partial charge in [0.1, 0.15) is 5.54 Å². The molecule has 4 nitrogen and oxygen atoms in total. The first-order valence-electron chi connectivity index (χ1n) is 6.51. The molecule has 0 fully saturated rings. The van der Waals surface area contributed by atoms with Crippen molar-refractivity contribution in [3.05, 3.63) is 28.2 Å². The highest BCUT2D eigenvalue weighted by Gasteiger charge is 2.29. The van der Waals surface area contributed by atoms with Gasteiger partial charge in [-0.1, -0.05) is 29.8 Å². The smallest absolute Gasteiger partial charge is 0.240 e. The molecule has 1 amide bonds. The molecule has 1 atom stereocenters. The van der Waals surface area contributed by atoms with Crippen LogP contribution >= 0.6 is 15.9 Å². The Morgan fingerprint density at radius 1 is 1.50 bits per heavy atom. The van der Waals surface area contributed by atoms with Gasteiger partial charge < -0.3 is 10.6 Å². The van der Waals surface area contributed by atoms with E-state index in [-0.39, 0.29) is 18.4 Å². The summed E-state index contributed by atoms with van der Waals surface area (Å²) in [5.41, 5.74) is 1.14. The SMILES string of the molecule is Cc1cc(NCC(=O)NC(C)(C#N)C(C)C)ccc1Br. The minimum Gasteiger partial charge on any atom is -0.376 e. The van der Waals surface area contributed by atoms with Crippen LogP contribution in [0.1, 0.15) is 26.3 Å². The van der Waals surface area contributed by atoms with Gasteiger partial charge in [0, 0.05) is 10.2 Å². The number of carbonyl (C=O) groups excluding carboxylic acids is 1. The molecule has 5 heteroatoms. The highest BCUT2D eigenvalue weighted by Crippen LogP contribution is 2.20. The predicted molar refractivity (Wildman–Crippen MR) is 84.4 cm³/mol. The van der Waals surface area contributed by atoms with E-state index in [0.717, 1.165) is 15.7 Å². The Morgan fingerprint density at radius 3 is 2.65 bits per heavy atom. The van der Waals surface area contributed by atoms with Gasteiger partial charge in [0.05, 0.1) is 12.6 Å². The predicted octanol–water partition coefficient (Wildman–Crippen LogP) is 3.22. The molecule has 0 heterocycles. The molecule has 0 spiro atoms. The number of carbonyl (C=O) groups is 1. The fourth-order valence-corrected chi connectivity index (χ4v) is 1.82. The molecule has 0 aliphatic rings. The number of hydrogen-bond acceptors (Lipinski definition) is 3. The van der Waals surface area contributed by atoms with Gasteiger partial charge in [-0.3, -0.25) is 4.79 Å². The quantitative estimate of drug-likeness (QED) is 0.866. The zero-order valence-corrected chi connectivity index (χ0v) is 13.8. The number of nitrogens with one attached hydrogen (secondary N) is 2. The first-order valence-corrected chi connectivity index (χ1v) is 7.30. The van der Waals surface area contributed by atoms with Crippen LogP contribution in [0.25, 0.3) is 0 Å². The topological polar surface area (TPSA) is 64.9 Å². The molecule has 0 aromatic heterocycles. The monoisotopic (exact) mass is 337 g/mol. The Labute approximate surface area is 128 Å². The average Bonchev–Trinajstić information content (AvgIpc) is 2.39. The molecule has 1 aromatic carbocycles. The highest BCUT2D eigenvalue weighted by molar-refractivity contribution is 9.10. The van der Waals surface area contributed by atoms with Crippen molar-refractivity contribution in [1.82, 2.24) is 5.32 Å². The summed E-state index contributed by atoms with van der Waals surface area (Å²) in [6.07, 6.45) is 0. The van der Waals surface area contributed by atoms with Gasteiger partial charge in [-0.2, -0.15) is 5.26 Å². The Balaban J connectivity index is 2.60. The maximum absolute atomic E-state index is 11.9. The van der Waals surface area contributed by atoms with Crippen molar-refractivity contribution in [2.45, 2.75) is 33.2 Å². The molecule has 0 aliphatic carbocycles. The molecule has 0 saturated carbocycles. The van der Waals surface area contributed by atoms with Gasteiger partial charge in [0.25, 0.3) is 0 Å². The summed E-state index contributed by atoms with van der Waals surface area (Å²) in [5.74, 6) is -0.144. The zero-order chi connectivity index (χ0) is 15.3. The summed E-state index contributed by atoms with van der Waals surface area (Å²) in [5, 5.41) is 15.0. The van der Waals surface area contributed by atoms with Crippen molar-refractivity contribution in [3.63, 3.8) is 0 Å². The summed E-state index contributed by atoms with van der Waals surface area (Å²) in [6.45, 7) is 7.69. The zero-order valence-electron chi connectivity index (χ0n) is 12.2. The lowest BCUT2D eigenvalue weighted by atomic mass is 9.90. The van der Waals surface area contributed by atoms with Gasteiger partial charge in [0.2, 0.25) is 5.91 Å². The van der Waals surface area contributed by atoms with E-state index in [2.05, 4.69) is 32.6 Å². The minimum absolute atomic E-state index is 0.0476. The fraction of sp³-hybridized carbons (Fsp3) is 0.467. The molecule has 0 saturated heterocycles. The van der Waals surface area contributed by atoms with Crippen LogP contribution in [0.5, 0.6) is 0 Å². The van der Waals surface area contributed by atoms with Gasteiger partial charge >= 0.3 is 0 Å². The fourth-order valence-electron chi connectivity index (χ4n) is 1.57. The Morgan fingerprint density at radius 2 is 2.15 bits per heavy atom. The lowest BCUT2D eigenvalue weighted by Gasteiger charge is -2.27. The lowest BCUT2D eigenvalue weighted by molar-refractivity contribution is -0.121. The first kappa shape index (κ1) is 16.5. The van der Waals surface area contributed by atoms with Crippen LogP contribution in [0, 0.1) is 24.2 Å². The third-order valence-electron chi connectivity index (χ3n) is 3.40. The molecule has 20 heavy (non-hydrogen) atoms. The minimum atomic E-state index is -0.839. The molecule has 0 radical (unpaired) electrons. The van der Waals surface area contributed by atoms with Crippen molar-refractivity contribution in [2.24, 2.45) is 5.92 Å². The van der Waals surface area contributed by atoms with Crippen LogP contribution in [0.15, 0.2) is 22.7 Å². The summed E-state index contributed by atoms with van der Waals surface area (Å²) >= 11 is 3.43. The molecule has 1 aromatic rings. The largest absolute Gasteiger partial charge is 0.376 e. The number of halogens is 1. The van der Waals surface area contributed by atoms with Crippen molar-refractivity contribution >= 4 is 27.5 Å². The van der Waals surface area contributed by atoms with E-state index in [1.54, 1.807) is 6.92 Å². The molecule has 108 valence electrons.